The van der Waals surface area contributed by atoms with Gasteiger partial charge in [-0.05, 0) is 20.9 Å². The molecule has 1 aliphatic heterocycles. The van der Waals surface area contributed by atoms with E-state index < -0.39 is 10.0 Å². The van der Waals surface area contributed by atoms with Crippen LogP contribution in [0.25, 0.3) is 0 Å². The summed E-state index contributed by atoms with van der Waals surface area (Å²) in [5.41, 5.74) is 2.70. The SMILES string of the molecule is CNN1CCN(S(C)(=O)=O)C(C)(C)C1. The van der Waals surface area contributed by atoms with E-state index in [2.05, 4.69) is 5.43 Å². The Hall–Kier alpha value is -0.170. The molecule has 5 nitrogen and oxygen atoms in total. The van der Waals surface area contributed by atoms with Crippen molar-refractivity contribution >= 4 is 10.0 Å². The predicted octanol–water partition coefficient (Wildman–Crippen LogP) is -0.523. The van der Waals surface area contributed by atoms with Crippen molar-refractivity contribution in [2.24, 2.45) is 0 Å². The number of hydrazine groups is 1. The Morgan fingerprint density at radius 1 is 1.29 bits per heavy atom. The second kappa shape index (κ2) is 3.77. The van der Waals surface area contributed by atoms with Gasteiger partial charge in [0, 0.05) is 25.2 Å². The van der Waals surface area contributed by atoms with E-state index in [9.17, 15) is 8.42 Å². The third kappa shape index (κ3) is 2.44. The molecule has 1 heterocycles. The molecule has 0 unspecified atom stereocenters. The van der Waals surface area contributed by atoms with Gasteiger partial charge in [-0.2, -0.15) is 4.31 Å². The van der Waals surface area contributed by atoms with Crippen LogP contribution in [0.5, 0.6) is 0 Å². The molecule has 1 N–H and O–H groups in total. The highest BCUT2D eigenvalue weighted by atomic mass is 32.2. The van der Waals surface area contributed by atoms with Gasteiger partial charge in [0.05, 0.1) is 6.26 Å². The van der Waals surface area contributed by atoms with E-state index in [1.807, 2.05) is 25.9 Å². The van der Waals surface area contributed by atoms with Gasteiger partial charge in [0.2, 0.25) is 10.0 Å². The molecule has 0 aliphatic carbocycles. The van der Waals surface area contributed by atoms with Gasteiger partial charge in [0.15, 0.2) is 0 Å². The van der Waals surface area contributed by atoms with Crippen molar-refractivity contribution in [2.75, 3.05) is 32.9 Å². The van der Waals surface area contributed by atoms with Gasteiger partial charge < -0.3 is 0 Å². The molecule has 0 saturated carbocycles. The molecule has 14 heavy (non-hydrogen) atoms. The zero-order chi connectivity index (χ0) is 11.0. The Bertz CT molecular complexity index is 300. The lowest BCUT2D eigenvalue weighted by Crippen LogP contribution is -2.62. The van der Waals surface area contributed by atoms with Crippen LogP contribution in [0.2, 0.25) is 0 Å². The van der Waals surface area contributed by atoms with E-state index in [0.717, 1.165) is 6.54 Å². The van der Waals surface area contributed by atoms with E-state index in [1.165, 1.54) is 6.26 Å². The summed E-state index contributed by atoms with van der Waals surface area (Å²) in [5, 5.41) is 2.03. The molecule has 0 aromatic carbocycles. The number of nitrogens with zero attached hydrogens (tertiary/aromatic N) is 2. The third-order valence-electron chi connectivity index (χ3n) is 2.54. The summed E-state index contributed by atoms with van der Waals surface area (Å²) in [6, 6.07) is 0. The van der Waals surface area contributed by atoms with Gasteiger partial charge in [-0.25, -0.2) is 13.4 Å². The Morgan fingerprint density at radius 3 is 2.21 bits per heavy atom. The first kappa shape index (κ1) is 11.9. The zero-order valence-electron chi connectivity index (χ0n) is 9.24. The standard InChI is InChI=1S/C8H19N3O2S/c1-8(2)7-10(9-3)5-6-11(8)14(4,12)13/h9H,5-7H2,1-4H3. The van der Waals surface area contributed by atoms with Crippen molar-refractivity contribution in [3.8, 4) is 0 Å². The van der Waals surface area contributed by atoms with Crippen LogP contribution in [0.4, 0.5) is 0 Å². The summed E-state index contributed by atoms with van der Waals surface area (Å²) in [7, 11) is -1.23. The molecule has 1 aliphatic rings. The average Bonchev–Trinajstić information content (AvgIpc) is 1.99. The number of sulfonamides is 1. The van der Waals surface area contributed by atoms with Crippen LogP contribution in [0.1, 0.15) is 13.8 Å². The average molecular weight is 221 g/mol. The Kier molecular flexibility index (Phi) is 3.20. The molecule has 6 heteroatoms. The van der Waals surface area contributed by atoms with Crippen LogP contribution in [0.15, 0.2) is 0 Å². The molecule has 84 valence electrons. The van der Waals surface area contributed by atoms with E-state index in [4.69, 9.17) is 0 Å². The fraction of sp³-hybridized carbons (Fsp3) is 1.00. The number of nitrogens with one attached hydrogen (secondary N) is 1. The summed E-state index contributed by atoms with van der Waals surface area (Å²) in [6.07, 6.45) is 1.27. The Labute approximate surface area is 86.1 Å². The first-order valence-electron chi connectivity index (χ1n) is 4.67. The van der Waals surface area contributed by atoms with Crippen molar-refractivity contribution in [1.82, 2.24) is 14.7 Å². The normalized spacial score (nSPS) is 25.1. The molecule has 0 bridgehead atoms. The quantitative estimate of drug-likeness (QED) is 0.681. The maximum absolute atomic E-state index is 11.5. The molecule has 0 radical (unpaired) electrons. The summed E-state index contributed by atoms with van der Waals surface area (Å²) in [4.78, 5) is 0. The van der Waals surface area contributed by atoms with Gasteiger partial charge in [0.1, 0.15) is 0 Å². The zero-order valence-corrected chi connectivity index (χ0v) is 10.1. The molecule has 0 aromatic rings. The lowest BCUT2D eigenvalue weighted by atomic mass is 10.0. The molecular formula is C8H19N3O2S. The van der Waals surface area contributed by atoms with Crippen molar-refractivity contribution in [1.29, 1.82) is 0 Å². The monoisotopic (exact) mass is 221 g/mol. The van der Waals surface area contributed by atoms with Gasteiger partial charge in [-0.3, -0.25) is 5.43 Å². The third-order valence-corrected chi connectivity index (χ3v) is 4.02. The molecule has 0 aromatic heterocycles. The second-order valence-electron chi connectivity index (χ2n) is 4.29. The van der Waals surface area contributed by atoms with Gasteiger partial charge in [-0.15, -0.1) is 0 Å². The van der Waals surface area contributed by atoms with E-state index in [0.29, 0.717) is 13.1 Å². The topological polar surface area (TPSA) is 52.6 Å². The predicted molar refractivity (Wildman–Crippen MR) is 56.3 cm³/mol. The highest BCUT2D eigenvalue weighted by molar-refractivity contribution is 7.88. The molecule has 0 atom stereocenters. The minimum absolute atomic E-state index is 0.338. The van der Waals surface area contributed by atoms with Crippen LogP contribution in [-0.2, 0) is 10.0 Å². The van der Waals surface area contributed by atoms with Crippen molar-refractivity contribution in [3.05, 3.63) is 0 Å². The first-order valence-corrected chi connectivity index (χ1v) is 6.52. The fourth-order valence-electron chi connectivity index (χ4n) is 1.94. The molecule has 0 spiro atoms. The number of piperazine rings is 1. The first-order chi connectivity index (χ1) is 6.27. The molecule has 0 amide bonds. The number of hydrogen-bond donors (Lipinski definition) is 1. The highest BCUT2D eigenvalue weighted by Crippen LogP contribution is 2.22. The van der Waals surface area contributed by atoms with Gasteiger partial charge in [-0.1, -0.05) is 0 Å². The Balaban J connectivity index is 2.83. The smallest absolute Gasteiger partial charge is 0.211 e. The molecular weight excluding hydrogens is 202 g/mol. The van der Waals surface area contributed by atoms with Crippen LogP contribution in [0.3, 0.4) is 0 Å². The van der Waals surface area contributed by atoms with E-state index >= 15 is 0 Å². The minimum atomic E-state index is -3.09. The van der Waals surface area contributed by atoms with E-state index in [1.54, 1.807) is 4.31 Å². The Morgan fingerprint density at radius 2 is 1.86 bits per heavy atom. The number of hydrogen-bond acceptors (Lipinski definition) is 4. The summed E-state index contributed by atoms with van der Waals surface area (Å²) >= 11 is 0. The molecule has 1 rings (SSSR count). The fourth-order valence-corrected chi connectivity index (χ4v) is 3.31. The van der Waals surface area contributed by atoms with Crippen LogP contribution in [0, 0.1) is 0 Å². The lowest BCUT2D eigenvalue weighted by molar-refractivity contribution is 0.0532. The van der Waals surface area contributed by atoms with Crippen molar-refractivity contribution in [2.45, 2.75) is 19.4 Å². The van der Waals surface area contributed by atoms with Gasteiger partial charge >= 0.3 is 0 Å². The minimum Gasteiger partial charge on any atom is -0.258 e. The van der Waals surface area contributed by atoms with Crippen molar-refractivity contribution in [3.63, 3.8) is 0 Å². The maximum atomic E-state index is 11.5. The summed E-state index contributed by atoms with van der Waals surface area (Å²) in [6.45, 7) is 5.87. The maximum Gasteiger partial charge on any atom is 0.211 e. The lowest BCUT2D eigenvalue weighted by Gasteiger charge is -2.45. The largest absolute Gasteiger partial charge is 0.258 e. The molecule has 1 fully saturated rings. The molecule has 1 saturated heterocycles. The summed E-state index contributed by atoms with van der Waals surface area (Å²) < 4.78 is 24.5. The van der Waals surface area contributed by atoms with Crippen LogP contribution in [-0.4, -0.2) is 56.2 Å². The number of rotatable bonds is 2. The van der Waals surface area contributed by atoms with Crippen molar-refractivity contribution < 1.29 is 8.42 Å². The van der Waals surface area contributed by atoms with E-state index in [-0.39, 0.29) is 5.54 Å². The van der Waals surface area contributed by atoms with Crippen LogP contribution >= 0.6 is 0 Å². The van der Waals surface area contributed by atoms with Crippen LogP contribution < -0.4 is 5.43 Å². The second-order valence-corrected chi connectivity index (χ2v) is 6.20. The highest BCUT2D eigenvalue weighted by Gasteiger charge is 2.38. The summed E-state index contributed by atoms with van der Waals surface area (Å²) in [5.74, 6) is 0. The van der Waals surface area contributed by atoms with Gasteiger partial charge in [0.25, 0.3) is 0 Å².